The van der Waals surface area contributed by atoms with E-state index in [-0.39, 0.29) is 6.04 Å². The van der Waals surface area contributed by atoms with Crippen LogP contribution in [0.5, 0.6) is 0 Å². The first-order chi connectivity index (χ1) is 9.65. The molecular weight excluding hydrogens is 281 g/mol. The second kappa shape index (κ2) is 6.95. The van der Waals surface area contributed by atoms with Gasteiger partial charge in [0.15, 0.2) is 0 Å². The van der Waals surface area contributed by atoms with Crippen LogP contribution in [0.2, 0.25) is 0 Å². The lowest BCUT2D eigenvalue weighted by Gasteiger charge is -2.30. The third-order valence-electron chi connectivity index (χ3n) is 3.02. The van der Waals surface area contributed by atoms with Gasteiger partial charge in [0.25, 0.3) is 0 Å². The maximum Gasteiger partial charge on any atom is 0.405 e. The molecule has 0 amide bonds. The fraction of sp³-hybridized carbons (Fsp3) is 0.714. The van der Waals surface area contributed by atoms with Crippen molar-refractivity contribution in [1.29, 1.82) is 0 Å². The Morgan fingerprint density at radius 1 is 1.19 bits per heavy atom. The molecule has 4 nitrogen and oxygen atoms in total. The standard InChI is InChI=1S/C14H23F3N4/c1-6-7-18-12-10(4)13(20-11(5)19-12)21(9(2)3)8-14(15,16)17/h9H,6-8H2,1-5H3,(H,18,19,20). The molecule has 1 N–H and O–H groups in total. The minimum absolute atomic E-state index is 0.307. The molecule has 0 saturated carbocycles. The normalized spacial score (nSPS) is 11.9. The number of aryl methyl sites for hydroxylation is 1. The molecule has 120 valence electrons. The summed E-state index contributed by atoms with van der Waals surface area (Å²) < 4.78 is 38.4. The fourth-order valence-corrected chi connectivity index (χ4v) is 2.00. The number of alkyl halides is 3. The number of hydrogen-bond acceptors (Lipinski definition) is 4. The zero-order valence-electron chi connectivity index (χ0n) is 13.2. The quantitative estimate of drug-likeness (QED) is 0.870. The summed E-state index contributed by atoms with van der Waals surface area (Å²) >= 11 is 0. The number of rotatable bonds is 6. The maximum absolute atomic E-state index is 12.8. The highest BCUT2D eigenvalue weighted by atomic mass is 19.4. The summed E-state index contributed by atoms with van der Waals surface area (Å²) in [5, 5.41) is 3.14. The van der Waals surface area contributed by atoms with E-state index in [4.69, 9.17) is 0 Å². The van der Waals surface area contributed by atoms with Gasteiger partial charge < -0.3 is 10.2 Å². The lowest BCUT2D eigenvalue weighted by molar-refractivity contribution is -0.120. The highest BCUT2D eigenvalue weighted by molar-refractivity contribution is 5.59. The maximum atomic E-state index is 12.8. The van der Waals surface area contributed by atoms with Crippen LogP contribution in [0.15, 0.2) is 0 Å². The molecular formula is C14H23F3N4. The second-order valence-electron chi connectivity index (χ2n) is 5.33. The van der Waals surface area contributed by atoms with Crippen molar-refractivity contribution in [3.8, 4) is 0 Å². The van der Waals surface area contributed by atoms with E-state index in [1.165, 1.54) is 4.90 Å². The SMILES string of the molecule is CCCNc1nc(C)nc(N(CC(F)(F)F)C(C)C)c1C. The van der Waals surface area contributed by atoms with Gasteiger partial charge in [-0.3, -0.25) is 0 Å². The molecule has 1 heterocycles. The summed E-state index contributed by atoms with van der Waals surface area (Å²) in [7, 11) is 0. The monoisotopic (exact) mass is 304 g/mol. The van der Waals surface area contributed by atoms with Crippen molar-refractivity contribution in [3.05, 3.63) is 11.4 Å². The number of nitrogens with one attached hydrogen (secondary N) is 1. The summed E-state index contributed by atoms with van der Waals surface area (Å²) in [6.45, 7) is 8.60. The van der Waals surface area contributed by atoms with E-state index in [0.29, 0.717) is 23.0 Å². The topological polar surface area (TPSA) is 41.1 Å². The van der Waals surface area contributed by atoms with Gasteiger partial charge in [-0.2, -0.15) is 13.2 Å². The van der Waals surface area contributed by atoms with Crippen LogP contribution in [-0.4, -0.2) is 35.3 Å². The molecule has 1 aromatic rings. The minimum atomic E-state index is -4.27. The molecule has 0 bridgehead atoms. The fourth-order valence-electron chi connectivity index (χ4n) is 2.00. The third-order valence-corrected chi connectivity index (χ3v) is 3.02. The van der Waals surface area contributed by atoms with E-state index in [1.54, 1.807) is 27.7 Å². The molecule has 0 spiro atoms. The Bertz CT molecular complexity index is 472. The van der Waals surface area contributed by atoms with Gasteiger partial charge in [0.2, 0.25) is 0 Å². The third kappa shape index (κ3) is 5.06. The lowest BCUT2D eigenvalue weighted by Crippen LogP contribution is -2.40. The first-order valence-electron chi connectivity index (χ1n) is 7.08. The molecule has 0 radical (unpaired) electrons. The van der Waals surface area contributed by atoms with E-state index in [0.717, 1.165) is 13.0 Å². The molecule has 0 saturated heterocycles. The number of nitrogens with zero attached hydrogens (tertiary/aromatic N) is 3. The van der Waals surface area contributed by atoms with Gasteiger partial charge in [-0.25, -0.2) is 9.97 Å². The number of halogens is 3. The first kappa shape index (κ1) is 17.5. The van der Waals surface area contributed by atoms with Crippen LogP contribution in [0.1, 0.15) is 38.6 Å². The van der Waals surface area contributed by atoms with Crippen molar-refractivity contribution < 1.29 is 13.2 Å². The van der Waals surface area contributed by atoms with E-state index < -0.39 is 12.7 Å². The van der Waals surface area contributed by atoms with Crippen LogP contribution < -0.4 is 10.2 Å². The average molecular weight is 304 g/mol. The Morgan fingerprint density at radius 2 is 1.81 bits per heavy atom. The van der Waals surface area contributed by atoms with Crippen molar-refractivity contribution in [2.75, 3.05) is 23.3 Å². The zero-order valence-corrected chi connectivity index (χ0v) is 13.2. The average Bonchev–Trinajstić information content (AvgIpc) is 2.35. The summed E-state index contributed by atoms with van der Waals surface area (Å²) in [5.74, 6) is 1.41. The van der Waals surface area contributed by atoms with Crippen molar-refractivity contribution >= 4 is 11.6 Å². The van der Waals surface area contributed by atoms with Crippen molar-refractivity contribution in [2.45, 2.75) is 53.3 Å². The predicted molar refractivity (Wildman–Crippen MR) is 78.8 cm³/mol. The van der Waals surface area contributed by atoms with Gasteiger partial charge in [0.1, 0.15) is 24.0 Å². The first-order valence-corrected chi connectivity index (χ1v) is 7.08. The molecule has 7 heteroatoms. The van der Waals surface area contributed by atoms with Crippen LogP contribution in [0, 0.1) is 13.8 Å². The number of anilines is 2. The van der Waals surface area contributed by atoms with E-state index in [2.05, 4.69) is 15.3 Å². The Labute approximate surface area is 123 Å². The Hall–Kier alpha value is -1.53. The summed E-state index contributed by atoms with van der Waals surface area (Å²) in [5.41, 5.74) is 0.645. The van der Waals surface area contributed by atoms with Gasteiger partial charge in [0.05, 0.1) is 0 Å². The largest absolute Gasteiger partial charge is 0.405 e. The highest BCUT2D eigenvalue weighted by Gasteiger charge is 2.33. The zero-order chi connectivity index (χ0) is 16.2. The van der Waals surface area contributed by atoms with Gasteiger partial charge in [-0.1, -0.05) is 6.92 Å². The molecule has 1 rings (SSSR count). The van der Waals surface area contributed by atoms with Crippen LogP contribution >= 0.6 is 0 Å². The molecule has 0 fully saturated rings. The van der Waals surface area contributed by atoms with E-state index in [9.17, 15) is 13.2 Å². The Morgan fingerprint density at radius 3 is 2.29 bits per heavy atom. The number of hydrogen-bond donors (Lipinski definition) is 1. The Kier molecular flexibility index (Phi) is 5.80. The lowest BCUT2D eigenvalue weighted by atomic mass is 10.2. The summed E-state index contributed by atoms with van der Waals surface area (Å²) in [4.78, 5) is 9.77. The molecule has 0 aliphatic heterocycles. The van der Waals surface area contributed by atoms with Crippen molar-refractivity contribution in [2.24, 2.45) is 0 Å². The van der Waals surface area contributed by atoms with Crippen molar-refractivity contribution in [1.82, 2.24) is 9.97 Å². The summed E-state index contributed by atoms with van der Waals surface area (Å²) in [6.07, 6.45) is -3.36. The highest BCUT2D eigenvalue weighted by Crippen LogP contribution is 2.28. The smallest absolute Gasteiger partial charge is 0.370 e. The molecule has 0 aliphatic rings. The Balaban J connectivity index is 3.21. The minimum Gasteiger partial charge on any atom is -0.370 e. The van der Waals surface area contributed by atoms with Gasteiger partial charge in [-0.15, -0.1) is 0 Å². The van der Waals surface area contributed by atoms with Crippen molar-refractivity contribution in [3.63, 3.8) is 0 Å². The van der Waals surface area contributed by atoms with Crippen LogP contribution in [0.3, 0.4) is 0 Å². The molecule has 0 atom stereocenters. The predicted octanol–water partition coefficient (Wildman–Crippen LogP) is 3.69. The second-order valence-corrected chi connectivity index (χ2v) is 5.33. The van der Waals surface area contributed by atoms with Crippen LogP contribution in [-0.2, 0) is 0 Å². The molecule has 21 heavy (non-hydrogen) atoms. The van der Waals surface area contributed by atoms with Gasteiger partial charge in [0, 0.05) is 18.2 Å². The molecule has 0 aliphatic carbocycles. The molecule has 1 aromatic heterocycles. The molecule has 0 aromatic carbocycles. The summed E-state index contributed by atoms with van der Waals surface area (Å²) in [6, 6.07) is -0.307. The molecule has 0 unspecified atom stereocenters. The van der Waals surface area contributed by atoms with Gasteiger partial charge in [-0.05, 0) is 34.1 Å². The van der Waals surface area contributed by atoms with Gasteiger partial charge >= 0.3 is 6.18 Å². The van der Waals surface area contributed by atoms with E-state index in [1.807, 2.05) is 6.92 Å². The van der Waals surface area contributed by atoms with Crippen LogP contribution in [0.25, 0.3) is 0 Å². The van der Waals surface area contributed by atoms with E-state index >= 15 is 0 Å². The number of aromatic nitrogens is 2. The van der Waals surface area contributed by atoms with Crippen LogP contribution in [0.4, 0.5) is 24.8 Å².